The van der Waals surface area contributed by atoms with E-state index in [4.69, 9.17) is 0 Å². The van der Waals surface area contributed by atoms with Crippen LogP contribution in [0.3, 0.4) is 0 Å². The predicted octanol–water partition coefficient (Wildman–Crippen LogP) is 0.468. The first kappa shape index (κ1) is 7.76. The largest absolute Gasteiger partial charge is 0.316 e. The van der Waals surface area contributed by atoms with E-state index >= 15 is 0 Å². The summed E-state index contributed by atoms with van der Waals surface area (Å²) in [5.74, 6) is 0. The second-order valence-electron chi connectivity index (χ2n) is 2.68. The predicted molar refractivity (Wildman–Crippen MR) is 44.1 cm³/mol. The number of likely N-dealkylation sites (N-methyl/N-ethyl adjacent to an activating group) is 1. The first-order valence-electron chi connectivity index (χ1n) is 3.95. The molecule has 0 aliphatic carbocycles. The van der Waals surface area contributed by atoms with Gasteiger partial charge < -0.3 is 5.32 Å². The van der Waals surface area contributed by atoms with Gasteiger partial charge in [0.05, 0.1) is 0 Å². The topological polar surface area (TPSA) is 15.3 Å². The average Bonchev–Trinajstić information content (AvgIpc) is 1.84. The SMILES string of the molecule is CNC/C=C\CN1CCC1. The van der Waals surface area contributed by atoms with Crippen LogP contribution in [0.15, 0.2) is 12.2 Å². The summed E-state index contributed by atoms with van der Waals surface area (Å²) in [6.45, 7) is 4.73. The van der Waals surface area contributed by atoms with E-state index < -0.39 is 0 Å². The van der Waals surface area contributed by atoms with Crippen LogP contribution in [0.4, 0.5) is 0 Å². The van der Waals surface area contributed by atoms with Gasteiger partial charge in [-0.2, -0.15) is 0 Å². The fourth-order valence-electron chi connectivity index (χ4n) is 0.989. The molecule has 0 radical (unpaired) electrons. The number of hydrogen-bond acceptors (Lipinski definition) is 2. The van der Waals surface area contributed by atoms with Gasteiger partial charge in [0, 0.05) is 13.1 Å². The number of nitrogens with one attached hydrogen (secondary N) is 1. The fraction of sp³-hybridized carbons (Fsp3) is 0.750. The van der Waals surface area contributed by atoms with Gasteiger partial charge in [-0.25, -0.2) is 0 Å². The molecule has 0 atom stereocenters. The average molecular weight is 140 g/mol. The monoisotopic (exact) mass is 140 g/mol. The van der Waals surface area contributed by atoms with Crippen LogP contribution in [-0.4, -0.2) is 38.1 Å². The standard InChI is InChI=1S/C8H16N2/c1-9-5-2-3-6-10-7-4-8-10/h2-3,9H,4-8H2,1H3/b3-2-. The van der Waals surface area contributed by atoms with E-state index in [1.54, 1.807) is 0 Å². The van der Waals surface area contributed by atoms with Crippen LogP contribution in [0.2, 0.25) is 0 Å². The highest BCUT2D eigenvalue weighted by Crippen LogP contribution is 2.03. The minimum absolute atomic E-state index is 0.994. The molecular weight excluding hydrogens is 124 g/mol. The first-order chi connectivity index (χ1) is 4.93. The van der Waals surface area contributed by atoms with Crippen molar-refractivity contribution in [1.29, 1.82) is 0 Å². The minimum Gasteiger partial charge on any atom is -0.316 e. The van der Waals surface area contributed by atoms with Crippen LogP contribution in [0.25, 0.3) is 0 Å². The Morgan fingerprint density at radius 2 is 2.20 bits per heavy atom. The minimum atomic E-state index is 0.994. The van der Waals surface area contributed by atoms with Crippen molar-refractivity contribution in [3.8, 4) is 0 Å². The Balaban J connectivity index is 1.92. The van der Waals surface area contributed by atoms with Gasteiger partial charge in [-0.15, -0.1) is 0 Å². The molecule has 0 saturated carbocycles. The van der Waals surface area contributed by atoms with E-state index in [1.807, 2.05) is 7.05 Å². The lowest BCUT2D eigenvalue weighted by Gasteiger charge is -2.29. The third kappa shape index (κ3) is 2.50. The number of nitrogens with zero attached hydrogens (tertiary/aromatic N) is 1. The van der Waals surface area contributed by atoms with Crippen molar-refractivity contribution >= 4 is 0 Å². The van der Waals surface area contributed by atoms with Crippen LogP contribution < -0.4 is 5.32 Å². The molecule has 1 heterocycles. The number of rotatable bonds is 4. The number of likely N-dealkylation sites (tertiary alicyclic amines) is 1. The summed E-state index contributed by atoms with van der Waals surface area (Å²) in [7, 11) is 1.97. The summed E-state index contributed by atoms with van der Waals surface area (Å²) >= 11 is 0. The molecular formula is C8H16N2. The molecule has 10 heavy (non-hydrogen) atoms. The van der Waals surface area contributed by atoms with E-state index in [0.717, 1.165) is 13.1 Å². The molecule has 1 aliphatic rings. The van der Waals surface area contributed by atoms with Crippen molar-refractivity contribution in [2.24, 2.45) is 0 Å². The van der Waals surface area contributed by atoms with Gasteiger partial charge in [-0.3, -0.25) is 4.90 Å². The molecule has 0 bridgehead atoms. The van der Waals surface area contributed by atoms with Crippen LogP contribution in [0, 0.1) is 0 Å². The summed E-state index contributed by atoms with van der Waals surface area (Å²) in [4.78, 5) is 2.44. The van der Waals surface area contributed by atoms with Crippen molar-refractivity contribution in [2.45, 2.75) is 6.42 Å². The number of hydrogen-bond donors (Lipinski definition) is 1. The molecule has 0 aromatic carbocycles. The molecule has 1 aliphatic heterocycles. The molecule has 0 spiro atoms. The van der Waals surface area contributed by atoms with Crippen molar-refractivity contribution in [2.75, 3.05) is 33.2 Å². The summed E-state index contributed by atoms with van der Waals surface area (Å²) in [5, 5.41) is 3.07. The summed E-state index contributed by atoms with van der Waals surface area (Å²) in [6.07, 6.45) is 5.80. The maximum absolute atomic E-state index is 3.07. The normalized spacial score (nSPS) is 19.7. The lowest BCUT2D eigenvalue weighted by molar-refractivity contribution is 0.203. The Morgan fingerprint density at radius 3 is 2.70 bits per heavy atom. The van der Waals surface area contributed by atoms with Crippen LogP contribution in [0.5, 0.6) is 0 Å². The van der Waals surface area contributed by atoms with Gasteiger partial charge in [0.25, 0.3) is 0 Å². The third-order valence-electron chi connectivity index (χ3n) is 1.80. The van der Waals surface area contributed by atoms with Gasteiger partial charge in [-0.1, -0.05) is 12.2 Å². The molecule has 2 heteroatoms. The van der Waals surface area contributed by atoms with Crippen LogP contribution >= 0.6 is 0 Å². The lowest BCUT2D eigenvalue weighted by atomic mass is 10.2. The van der Waals surface area contributed by atoms with Gasteiger partial charge in [0.2, 0.25) is 0 Å². The van der Waals surface area contributed by atoms with Crippen LogP contribution in [-0.2, 0) is 0 Å². The zero-order chi connectivity index (χ0) is 7.23. The summed E-state index contributed by atoms with van der Waals surface area (Å²) in [6, 6.07) is 0. The second-order valence-corrected chi connectivity index (χ2v) is 2.68. The quantitative estimate of drug-likeness (QED) is 0.571. The third-order valence-corrected chi connectivity index (χ3v) is 1.80. The molecule has 1 N–H and O–H groups in total. The first-order valence-corrected chi connectivity index (χ1v) is 3.95. The van der Waals surface area contributed by atoms with Crippen molar-refractivity contribution in [1.82, 2.24) is 10.2 Å². The zero-order valence-corrected chi connectivity index (χ0v) is 6.64. The summed E-state index contributed by atoms with van der Waals surface area (Å²) in [5.41, 5.74) is 0. The van der Waals surface area contributed by atoms with Crippen LogP contribution in [0.1, 0.15) is 6.42 Å². The lowest BCUT2D eigenvalue weighted by Crippen LogP contribution is -2.36. The molecule has 0 amide bonds. The smallest absolute Gasteiger partial charge is 0.0163 e. The van der Waals surface area contributed by atoms with Gasteiger partial charge in [0.1, 0.15) is 0 Å². The molecule has 1 rings (SSSR count). The van der Waals surface area contributed by atoms with E-state index in [0.29, 0.717) is 0 Å². The van der Waals surface area contributed by atoms with Gasteiger partial charge in [0.15, 0.2) is 0 Å². The van der Waals surface area contributed by atoms with E-state index in [2.05, 4.69) is 22.4 Å². The molecule has 2 nitrogen and oxygen atoms in total. The van der Waals surface area contributed by atoms with E-state index in [1.165, 1.54) is 19.5 Å². The van der Waals surface area contributed by atoms with E-state index in [-0.39, 0.29) is 0 Å². The Kier molecular flexibility index (Phi) is 3.47. The Hall–Kier alpha value is -0.340. The fourth-order valence-corrected chi connectivity index (χ4v) is 0.989. The molecule has 1 fully saturated rings. The highest BCUT2D eigenvalue weighted by Gasteiger charge is 2.10. The maximum atomic E-state index is 3.07. The highest BCUT2D eigenvalue weighted by molar-refractivity contribution is 4.88. The van der Waals surface area contributed by atoms with Crippen molar-refractivity contribution < 1.29 is 0 Å². The Bertz CT molecular complexity index is 106. The second kappa shape index (κ2) is 4.47. The van der Waals surface area contributed by atoms with Gasteiger partial charge in [-0.05, 0) is 26.6 Å². The Morgan fingerprint density at radius 1 is 1.40 bits per heavy atom. The maximum Gasteiger partial charge on any atom is 0.0163 e. The molecule has 0 aromatic rings. The Labute approximate surface area is 62.9 Å². The molecule has 1 saturated heterocycles. The van der Waals surface area contributed by atoms with Crippen molar-refractivity contribution in [3.05, 3.63) is 12.2 Å². The highest BCUT2D eigenvalue weighted by atomic mass is 15.2. The molecule has 58 valence electrons. The summed E-state index contributed by atoms with van der Waals surface area (Å²) < 4.78 is 0. The molecule has 0 aromatic heterocycles. The van der Waals surface area contributed by atoms with E-state index in [9.17, 15) is 0 Å². The molecule has 0 unspecified atom stereocenters. The zero-order valence-electron chi connectivity index (χ0n) is 6.64. The van der Waals surface area contributed by atoms with Gasteiger partial charge >= 0.3 is 0 Å². The van der Waals surface area contributed by atoms with Crippen molar-refractivity contribution in [3.63, 3.8) is 0 Å².